The van der Waals surface area contributed by atoms with Crippen molar-refractivity contribution >= 4 is 0 Å². The van der Waals surface area contributed by atoms with E-state index >= 15 is 0 Å². The SMILES string of the molecule is OC(C#Cc1ccc(F)cc1)c1nnn(Cc2cc(C(F)(F)F)cc(C(F)(F)F)c2)c1-c1ccccc1. The van der Waals surface area contributed by atoms with Gasteiger partial charge in [0.25, 0.3) is 0 Å². The van der Waals surface area contributed by atoms with Crippen LogP contribution in [0.25, 0.3) is 11.3 Å². The lowest BCUT2D eigenvalue weighted by Crippen LogP contribution is -2.13. The molecule has 0 fully saturated rings. The summed E-state index contributed by atoms with van der Waals surface area (Å²) in [6.45, 7) is -0.498. The average Bonchev–Trinajstić information content (AvgIpc) is 3.26. The molecule has 1 heterocycles. The monoisotopic (exact) mass is 519 g/mol. The number of rotatable bonds is 4. The fourth-order valence-electron chi connectivity index (χ4n) is 3.55. The van der Waals surface area contributed by atoms with E-state index in [-0.39, 0.29) is 23.0 Å². The smallest absolute Gasteiger partial charge is 0.374 e. The first-order chi connectivity index (χ1) is 17.4. The van der Waals surface area contributed by atoms with Gasteiger partial charge < -0.3 is 5.11 Å². The Morgan fingerprint density at radius 2 is 1.43 bits per heavy atom. The second-order valence-corrected chi connectivity index (χ2v) is 7.94. The first-order valence-corrected chi connectivity index (χ1v) is 10.6. The Bertz CT molecular complexity index is 1420. The van der Waals surface area contributed by atoms with Gasteiger partial charge in [-0.05, 0) is 48.0 Å². The summed E-state index contributed by atoms with van der Waals surface area (Å²) in [6, 6.07) is 14.7. The molecule has 0 bridgehead atoms. The van der Waals surface area contributed by atoms with Crippen molar-refractivity contribution in [1.29, 1.82) is 0 Å². The number of halogens is 7. The molecular weight excluding hydrogens is 503 g/mol. The van der Waals surface area contributed by atoms with Gasteiger partial charge in [0.05, 0.1) is 23.4 Å². The van der Waals surface area contributed by atoms with Crippen molar-refractivity contribution in [1.82, 2.24) is 15.0 Å². The molecule has 0 saturated heterocycles. The predicted octanol–water partition coefficient (Wildman–Crippen LogP) is 6.26. The van der Waals surface area contributed by atoms with E-state index in [2.05, 4.69) is 22.2 Å². The van der Waals surface area contributed by atoms with Gasteiger partial charge in [-0.3, -0.25) is 0 Å². The van der Waals surface area contributed by atoms with Gasteiger partial charge in [-0.1, -0.05) is 47.4 Å². The number of hydrogen-bond acceptors (Lipinski definition) is 3. The van der Waals surface area contributed by atoms with Crippen LogP contribution in [0.5, 0.6) is 0 Å². The molecule has 4 aromatic rings. The quantitative estimate of drug-likeness (QED) is 0.256. The molecule has 0 aliphatic heterocycles. The van der Waals surface area contributed by atoms with Crippen LogP contribution in [-0.4, -0.2) is 20.1 Å². The third kappa shape index (κ3) is 6.16. The van der Waals surface area contributed by atoms with Crippen LogP contribution in [0.15, 0.2) is 72.8 Å². The third-order valence-electron chi connectivity index (χ3n) is 5.24. The summed E-state index contributed by atoms with van der Waals surface area (Å²) in [7, 11) is 0. The summed E-state index contributed by atoms with van der Waals surface area (Å²) in [4.78, 5) is 0. The van der Waals surface area contributed by atoms with E-state index in [1.807, 2.05) is 0 Å². The standard InChI is InChI=1S/C26H16F7N3O/c27-21-9-6-16(7-10-21)8-11-22(37)23-24(18-4-2-1-3-5-18)36(35-34-23)15-17-12-19(25(28,29)30)14-20(13-17)26(31,32)33/h1-7,9-10,12-14,22,37H,15H2. The van der Waals surface area contributed by atoms with E-state index in [1.165, 1.54) is 24.3 Å². The second kappa shape index (κ2) is 10.1. The highest BCUT2D eigenvalue weighted by molar-refractivity contribution is 5.63. The zero-order valence-electron chi connectivity index (χ0n) is 18.6. The molecule has 1 unspecified atom stereocenters. The number of aliphatic hydroxyl groups excluding tert-OH is 1. The van der Waals surface area contributed by atoms with Gasteiger partial charge in [-0.25, -0.2) is 9.07 Å². The van der Waals surface area contributed by atoms with Crippen LogP contribution >= 0.6 is 0 Å². The van der Waals surface area contributed by atoms with Gasteiger partial charge in [-0.2, -0.15) is 26.3 Å². The van der Waals surface area contributed by atoms with E-state index in [9.17, 15) is 35.8 Å². The number of aliphatic hydroxyl groups is 1. The number of nitrogens with zero attached hydrogens (tertiary/aromatic N) is 3. The zero-order chi connectivity index (χ0) is 26.8. The summed E-state index contributed by atoms with van der Waals surface area (Å²) >= 11 is 0. The Morgan fingerprint density at radius 1 is 0.838 bits per heavy atom. The van der Waals surface area contributed by atoms with Gasteiger partial charge in [0.15, 0.2) is 6.10 Å². The summed E-state index contributed by atoms with van der Waals surface area (Å²) in [6.07, 6.45) is -11.5. The van der Waals surface area contributed by atoms with E-state index in [0.29, 0.717) is 23.3 Å². The lowest BCUT2D eigenvalue weighted by Gasteiger charge is -2.15. The summed E-state index contributed by atoms with van der Waals surface area (Å²) < 4.78 is 94.0. The van der Waals surface area contributed by atoms with Gasteiger partial charge >= 0.3 is 12.4 Å². The van der Waals surface area contributed by atoms with E-state index in [4.69, 9.17) is 0 Å². The molecule has 4 rings (SSSR count). The number of hydrogen-bond donors (Lipinski definition) is 1. The van der Waals surface area contributed by atoms with Gasteiger partial charge in [0.2, 0.25) is 0 Å². The lowest BCUT2D eigenvalue weighted by atomic mass is 10.0. The Hall–Kier alpha value is -4.17. The molecule has 0 amide bonds. The first-order valence-electron chi connectivity index (χ1n) is 10.6. The minimum absolute atomic E-state index is 0.0448. The molecule has 4 nitrogen and oxygen atoms in total. The molecule has 0 spiro atoms. The number of alkyl halides is 6. The molecule has 1 atom stereocenters. The van der Waals surface area contributed by atoms with Crippen LogP contribution in [-0.2, 0) is 18.9 Å². The van der Waals surface area contributed by atoms with Gasteiger partial charge in [0.1, 0.15) is 11.5 Å². The van der Waals surface area contributed by atoms with Crippen molar-refractivity contribution in [2.75, 3.05) is 0 Å². The molecule has 190 valence electrons. The van der Waals surface area contributed by atoms with Crippen LogP contribution in [0.4, 0.5) is 30.7 Å². The van der Waals surface area contributed by atoms with E-state index in [0.717, 1.165) is 4.68 Å². The number of aromatic nitrogens is 3. The van der Waals surface area contributed by atoms with Crippen molar-refractivity contribution in [3.05, 3.63) is 107 Å². The minimum Gasteiger partial charge on any atom is -0.374 e. The first kappa shape index (κ1) is 25.9. The zero-order valence-corrected chi connectivity index (χ0v) is 18.6. The molecule has 11 heteroatoms. The summed E-state index contributed by atoms with van der Waals surface area (Å²) in [5, 5.41) is 18.5. The van der Waals surface area contributed by atoms with E-state index < -0.39 is 41.9 Å². The van der Waals surface area contributed by atoms with Crippen molar-refractivity contribution in [2.24, 2.45) is 0 Å². The van der Waals surface area contributed by atoms with Gasteiger partial charge in [0, 0.05) is 11.1 Å². The molecule has 0 saturated carbocycles. The van der Waals surface area contributed by atoms with E-state index in [1.54, 1.807) is 30.3 Å². The molecule has 0 aliphatic carbocycles. The minimum atomic E-state index is -5.00. The highest BCUT2D eigenvalue weighted by atomic mass is 19.4. The maximum atomic E-state index is 13.3. The molecule has 0 radical (unpaired) electrons. The lowest BCUT2D eigenvalue weighted by molar-refractivity contribution is -0.143. The molecule has 3 aromatic carbocycles. The highest BCUT2D eigenvalue weighted by Gasteiger charge is 2.37. The van der Waals surface area contributed by atoms with Crippen molar-refractivity contribution in [3.8, 4) is 23.1 Å². The van der Waals surface area contributed by atoms with Crippen LogP contribution in [0.2, 0.25) is 0 Å². The normalized spacial score (nSPS) is 12.6. The summed E-state index contributed by atoms with van der Waals surface area (Å²) in [5.41, 5.74) is -2.27. The molecule has 1 N–H and O–H groups in total. The summed E-state index contributed by atoms with van der Waals surface area (Å²) in [5.74, 6) is 4.74. The Morgan fingerprint density at radius 3 is 2.00 bits per heavy atom. The highest BCUT2D eigenvalue weighted by Crippen LogP contribution is 2.37. The molecule has 37 heavy (non-hydrogen) atoms. The number of benzene rings is 3. The fourth-order valence-corrected chi connectivity index (χ4v) is 3.55. The van der Waals surface area contributed by atoms with Crippen molar-refractivity contribution < 1.29 is 35.8 Å². The van der Waals surface area contributed by atoms with Crippen LogP contribution < -0.4 is 0 Å². The van der Waals surface area contributed by atoms with Crippen LogP contribution in [0.3, 0.4) is 0 Å². The molecule has 1 aromatic heterocycles. The third-order valence-corrected chi connectivity index (χ3v) is 5.24. The predicted molar refractivity (Wildman–Crippen MR) is 119 cm³/mol. The fraction of sp³-hybridized carbons (Fsp3) is 0.154. The van der Waals surface area contributed by atoms with Crippen LogP contribution in [0.1, 0.15) is 34.1 Å². The Balaban J connectivity index is 1.77. The molecular formula is C26H16F7N3O. The Kier molecular flexibility index (Phi) is 7.05. The Labute approximate surface area is 206 Å². The maximum Gasteiger partial charge on any atom is 0.416 e. The van der Waals surface area contributed by atoms with Gasteiger partial charge in [-0.15, -0.1) is 5.10 Å². The topological polar surface area (TPSA) is 50.9 Å². The van der Waals surface area contributed by atoms with Crippen LogP contribution in [0, 0.1) is 17.7 Å². The second-order valence-electron chi connectivity index (χ2n) is 7.94. The van der Waals surface area contributed by atoms with Crippen molar-refractivity contribution in [2.45, 2.75) is 25.0 Å². The molecule has 0 aliphatic rings. The largest absolute Gasteiger partial charge is 0.416 e. The van der Waals surface area contributed by atoms with Crippen molar-refractivity contribution in [3.63, 3.8) is 0 Å². The maximum absolute atomic E-state index is 13.3. The average molecular weight is 519 g/mol.